The molecule has 2 nitrogen and oxygen atoms in total. The van der Waals surface area contributed by atoms with Crippen LogP contribution in [0.4, 0.5) is 0 Å². The lowest BCUT2D eigenvalue weighted by molar-refractivity contribution is 0.104. The third-order valence-electron chi connectivity index (χ3n) is 2.61. The van der Waals surface area contributed by atoms with Crippen LogP contribution in [0.3, 0.4) is 0 Å². The maximum atomic E-state index is 12.0. The van der Waals surface area contributed by atoms with Crippen LogP contribution in [-0.2, 0) is 0 Å². The number of hydrogen-bond acceptors (Lipinski definition) is 2. The molecule has 0 fully saturated rings. The van der Waals surface area contributed by atoms with E-state index in [2.05, 4.69) is 0 Å². The molecular formula is C15H9Cl3O2. The molecule has 20 heavy (non-hydrogen) atoms. The number of ketones is 1. The van der Waals surface area contributed by atoms with E-state index in [1.54, 1.807) is 24.3 Å². The van der Waals surface area contributed by atoms with Crippen LogP contribution >= 0.6 is 34.8 Å². The Morgan fingerprint density at radius 1 is 1.05 bits per heavy atom. The summed E-state index contributed by atoms with van der Waals surface area (Å²) in [5.74, 6) is -0.240. The molecule has 0 heterocycles. The zero-order valence-corrected chi connectivity index (χ0v) is 12.4. The van der Waals surface area contributed by atoms with E-state index in [0.717, 1.165) is 0 Å². The molecule has 2 aromatic carbocycles. The van der Waals surface area contributed by atoms with Gasteiger partial charge in [-0.3, -0.25) is 4.79 Å². The average Bonchev–Trinajstić information content (AvgIpc) is 2.43. The Hall–Kier alpha value is -1.48. The number of phenols is 1. The van der Waals surface area contributed by atoms with Crippen LogP contribution in [0.1, 0.15) is 15.9 Å². The summed E-state index contributed by atoms with van der Waals surface area (Å²) in [4.78, 5) is 12.0. The topological polar surface area (TPSA) is 37.3 Å². The molecule has 0 bridgehead atoms. The first-order valence-electron chi connectivity index (χ1n) is 5.64. The van der Waals surface area contributed by atoms with Crippen LogP contribution in [0.25, 0.3) is 6.08 Å². The summed E-state index contributed by atoms with van der Waals surface area (Å²) in [5, 5.41) is 10.4. The van der Waals surface area contributed by atoms with Gasteiger partial charge in [-0.25, -0.2) is 0 Å². The molecule has 0 saturated heterocycles. The first-order chi connectivity index (χ1) is 9.49. The molecule has 2 aromatic rings. The SMILES string of the molecule is O=C(C=Cc1c(Cl)ccc(Cl)c1Cl)c1cccc(O)c1. The third kappa shape index (κ3) is 3.34. The average molecular weight is 328 g/mol. The normalized spacial score (nSPS) is 10.9. The van der Waals surface area contributed by atoms with Crippen molar-refractivity contribution >= 4 is 46.7 Å². The lowest BCUT2D eigenvalue weighted by atomic mass is 10.1. The molecular weight excluding hydrogens is 319 g/mol. The van der Waals surface area contributed by atoms with Gasteiger partial charge in [0.1, 0.15) is 5.75 Å². The molecule has 0 radical (unpaired) electrons. The highest BCUT2D eigenvalue weighted by atomic mass is 35.5. The number of benzene rings is 2. The molecule has 0 aliphatic rings. The second-order valence-electron chi connectivity index (χ2n) is 4.00. The van der Waals surface area contributed by atoms with E-state index in [1.807, 2.05) is 0 Å². The van der Waals surface area contributed by atoms with E-state index >= 15 is 0 Å². The Kier molecular flexibility index (Phi) is 4.71. The minimum absolute atomic E-state index is 0.0306. The Morgan fingerprint density at radius 2 is 1.75 bits per heavy atom. The monoisotopic (exact) mass is 326 g/mol. The van der Waals surface area contributed by atoms with Gasteiger partial charge in [-0.05, 0) is 36.4 Å². The van der Waals surface area contributed by atoms with Crippen molar-refractivity contribution < 1.29 is 9.90 Å². The molecule has 0 amide bonds. The molecule has 0 aliphatic carbocycles. The summed E-state index contributed by atoms with van der Waals surface area (Å²) in [6.45, 7) is 0. The van der Waals surface area contributed by atoms with E-state index in [-0.39, 0.29) is 11.5 Å². The maximum absolute atomic E-state index is 12.0. The van der Waals surface area contributed by atoms with Gasteiger partial charge in [0.05, 0.1) is 10.0 Å². The molecule has 0 aromatic heterocycles. The van der Waals surface area contributed by atoms with E-state index in [4.69, 9.17) is 34.8 Å². The number of rotatable bonds is 3. The fraction of sp³-hybridized carbons (Fsp3) is 0. The summed E-state index contributed by atoms with van der Waals surface area (Å²) in [6.07, 6.45) is 2.83. The smallest absolute Gasteiger partial charge is 0.185 e. The third-order valence-corrected chi connectivity index (χ3v) is 3.76. The fourth-order valence-corrected chi connectivity index (χ4v) is 2.27. The molecule has 2 rings (SSSR count). The van der Waals surface area contributed by atoms with Gasteiger partial charge in [-0.2, -0.15) is 0 Å². The van der Waals surface area contributed by atoms with E-state index in [1.165, 1.54) is 24.3 Å². The van der Waals surface area contributed by atoms with Crippen LogP contribution < -0.4 is 0 Å². The van der Waals surface area contributed by atoms with Crippen LogP contribution in [0.5, 0.6) is 5.75 Å². The standard InChI is InChI=1S/C15H9Cl3O2/c16-12-5-6-13(17)15(18)11(12)4-7-14(20)9-2-1-3-10(19)8-9/h1-8,19H. The number of carbonyl (C=O) groups is 1. The second-order valence-corrected chi connectivity index (χ2v) is 5.20. The van der Waals surface area contributed by atoms with Crippen molar-refractivity contribution in [3.8, 4) is 5.75 Å². The van der Waals surface area contributed by atoms with Crippen molar-refractivity contribution in [3.05, 3.63) is 68.7 Å². The first-order valence-corrected chi connectivity index (χ1v) is 6.77. The maximum Gasteiger partial charge on any atom is 0.185 e. The largest absolute Gasteiger partial charge is 0.508 e. The highest BCUT2D eigenvalue weighted by Crippen LogP contribution is 2.32. The molecule has 0 saturated carbocycles. The zero-order valence-electron chi connectivity index (χ0n) is 10.1. The fourth-order valence-electron chi connectivity index (χ4n) is 1.61. The molecule has 0 unspecified atom stereocenters. The predicted octanol–water partition coefficient (Wildman–Crippen LogP) is 5.25. The number of aromatic hydroxyl groups is 1. The van der Waals surface area contributed by atoms with Gasteiger partial charge in [0.2, 0.25) is 0 Å². The Morgan fingerprint density at radius 3 is 2.45 bits per heavy atom. The van der Waals surface area contributed by atoms with Gasteiger partial charge in [-0.1, -0.05) is 46.9 Å². The van der Waals surface area contributed by atoms with Crippen molar-refractivity contribution in [2.45, 2.75) is 0 Å². The molecule has 102 valence electrons. The summed E-state index contributed by atoms with van der Waals surface area (Å²) >= 11 is 17.9. The van der Waals surface area contributed by atoms with Crippen molar-refractivity contribution in [1.82, 2.24) is 0 Å². The predicted molar refractivity (Wildman–Crippen MR) is 82.9 cm³/mol. The van der Waals surface area contributed by atoms with Crippen LogP contribution in [0.2, 0.25) is 15.1 Å². The van der Waals surface area contributed by atoms with E-state index in [9.17, 15) is 9.90 Å². The summed E-state index contributed by atoms with van der Waals surface area (Å²) in [5.41, 5.74) is 0.852. The molecule has 0 aliphatic heterocycles. The molecule has 1 N–H and O–H groups in total. The summed E-state index contributed by atoms with van der Waals surface area (Å²) in [7, 11) is 0. The summed E-state index contributed by atoms with van der Waals surface area (Å²) in [6, 6.07) is 9.26. The van der Waals surface area contributed by atoms with E-state index in [0.29, 0.717) is 26.2 Å². The number of phenolic OH excluding ortho intramolecular Hbond substituents is 1. The Balaban J connectivity index is 2.30. The number of allylic oxidation sites excluding steroid dienone is 1. The van der Waals surface area contributed by atoms with Crippen LogP contribution in [0.15, 0.2) is 42.5 Å². The van der Waals surface area contributed by atoms with E-state index < -0.39 is 0 Å². The zero-order chi connectivity index (χ0) is 14.7. The number of carbonyl (C=O) groups excluding carboxylic acids is 1. The highest BCUT2D eigenvalue weighted by molar-refractivity contribution is 6.44. The second kappa shape index (κ2) is 6.31. The van der Waals surface area contributed by atoms with Gasteiger partial charge in [0.15, 0.2) is 5.78 Å². The van der Waals surface area contributed by atoms with Gasteiger partial charge < -0.3 is 5.11 Å². The van der Waals surface area contributed by atoms with Gasteiger partial charge >= 0.3 is 0 Å². The van der Waals surface area contributed by atoms with Gasteiger partial charge in [-0.15, -0.1) is 0 Å². The van der Waals surface area contributed by atoms with Crippen molar-refractivity contribution in [1.29, 1.82) is 0 Å². The minimum Gasteiger partial charge on any atom is -0.508 e. The number of halogens is 3. The highest BCUT2D eigenvalue weighted by Gasteiger charge is 2.08. The van der Waals surface area contributed by atoms with Crippen LogP contribution in [-0.4, -0.2) is 10.9 Å². The van der Waals surface area contributed by atoms with Crippen molar-refractivity contribution in [3.63, 3.8) is 0 Å². The van der Waals surface area contributed by atoms with Gasteiger partial charge in [0, 0.05) is 16.1 Å². The molecule has 0 spiro atoms. The number of hydrogen-bond donors (Lipinski definition) is 1. The first kappa shape index (κ1) is 14.9. The molecule has 5 heteroatoms. The Labute approximate surface area is 131 Å². The lowest BCUT2D eigenvalue weighted by Gasteiger charge is -2.03. The minimum atomic E-state index is -0.270. The molecule has 0 atom stereocenters. The quantitative estimate of drug-likeness (QED) is 0.475. The Bertz CT molecular complexity index is 694. The van der Waals surface area contributed by atoms with Crippen molar-refractivity contribution in [2.24, 2.45) is 0 Å². The van der Waals surface area contributed by atoms with Crippen LogP contribution in [0, 0.1) is 0 Å². The van der Waals surface area contributed by atoms with Crippen molar-refractivity contribution in [2.75, 3.05) is 0 Å². The lowest BCUT2D eigenvalue weighted by Crippen LogP contribution is -1.93. The van der Waals surface area contributed by atoms with Gasteiger partial charge in [0.25, 0.3) is 0 Å². The summed E-state index contributed by atoms with van der Waals surface area (Å²) < 4.78 is 0.